The fourth-order valence-electron chi connectivity index (χ4n) is 2.42. The fourth-order valence-corrected chi connectivity index (χ4v) is 3.72. The Morgan fingerprint density at radius 1 is 0.870 bits per heavy atom. The largest absolute Gasteiger partial charge is 0.345 e. The lowest BCUT2D eigenvalue weighted by Crippen LogP contribution is -2.22. The highest BCUT2D eigenvalue weighted by Crippen LogP contribution is 2.37. The molecule has 0 aliphatic heterocycles. The number of fused-ring (bicyclic) bond motifs is 1. The molecule has 116 valence electrons. The van der Waals surface area contributed by atoms with Crippen molar-refractivity contribution in [2.24, 2.45) is 0 Å². The molecule has 0 unspecified atom stereocenters. The lowest BCUT2D eigenvalue weighted by molar-refractivity contribution is 0.0824. The van der Waals surface area contributed by atoms with Crippen molar-refractivity contribution in [1.29, 1.82) is 0 Å². The summed E-state index contributed by atoms with van der Waals surface area (Å²) in [6, 6.07) is 19.6. The highest BCUT2D eigenvalue weighted by molar-refractivity contribution is 7.99. The van der Waals surface area contributed by atoms with Crippen LogP contribution in [0.25, 0.3) is 10.8 Å². The predicted molar refractivity (Wildman–Crippen MR) is 97.5 cm³/mol. The van der Waals surface area contributed by atoms with E-state index in [-0.39, 0.29) is 5.91 Å². The van der Waals surface area contributed by atoms with Gasteiger partial charge in [0.25, 0.3) is 5.91 Å². The minimum atomic E-state index is 0.00590. The lowest BCUT2D eigenvalue weighted by atomic mass is 10.1. The van der Waals surface area contributed by atoms with Gasteiger partial charge in [0.05, 0.1) is 5.56 Å². The molecule has 0 atom stereocenters. The Bertz CT molecular complexity index is 876. The first-order chi connectivity index (χ1) is 11.1. The molecule has 0 bridgehead atoms. The fraction of sp³-hybridized carbons (Fsp3) is 0.105. The summed E-state index contributed by atoms with van der Waals surface area (Å²) in [5.74, 6) is 0.00590. The van der Waals surface area contributed by atoms with Gasteiger partial charge in [0.1, 0.15) is 0 Å². The minimum absolute atomic E-state index is 0.00590. The summed E-state index contributed by atoms with van der Waals surface area (Å²) in [7, 11) is 3.53. The van der Waals surface area contributed by atoms with Crippen molar-refractivity contribution in [2.75, 3.05) is 14.1 Å². The topological polar surface area (TPSA) is 20.3 Å². The summed E-state index contributed by atoms with van der Waals surface area (Å²) in [5, 5.41) is 2.86. The first-order valence-corrected chi connectivity index (χ1v) is 8.43. The van der Waals surface area contributed by atoms with Crippen molar-refractivity contribution in [3.05, 3.63) is 71.2 Å². The Morgan fingerprint density at radius 3 is 2.26 bits per heavy atom. The van der Waals surface area contributed by atoms with Crippen LogP contribution in [0.15, 0.2) is 70.5 Å². The highest BCUT2D eigenvalue weighted by Gasteiger charge is 2.14. The van der Waals surface area contributed by atoms with Gasteiger partial charge in [0.15, 0.2) is 0 Å². The van der Waals surface area contributed by atoms with Gasteiger partial charge >= 0.3 is 0 Å². The van der Waals surface area contributed by atoms with Crippen molar-refractivity contribution < 1.29 is 4.79 Å². The molecule has 23 heavy (non-hydrogen) atoms. The van der Waals surface area contributed by atoms with Crippen molar-refractivity contribution in [1.82, 2.24) is 4.90 Å². The van der Waals surface area contributed by atoms with Crippen molar-refractivity contribution in [3.63, 3.8) is 0 Å². The van der Waals surface area contributed by atoms with Crippen LogP contribution in [0.3, 0.4) is 0 Å². The molecule has 0 radical (unpaired) electrons. The first-order valence-electron chi connectivity index (χ1n) is 7.23. The van der Waals surface area contributed by atoms with E-state index in [4.69, 9.17) is 11.6 Å². The number of halogens is 1. The molecule has 2 nitrogen and oxygen atoms in total. The molecular formula is C19H16ClNOS. The predicted octanol–water partition coefficient (Wildman–Crippen LogP) is 5.35. The molecule has 0 fully saturated rings. The molecular weight excluding hydrogens is 326 g/mol. The van der Waals surface area contributed by atoms with Crippen LogP contribution in [0.2, 0.25) is 5.02 Å². The van der Waals surface area contributed by atoms with Crippen LogP contribution in [-0.2, 0) is 0 Å². The van der Waals surface area contributed by atoms with Gasteiger partial charge in [-0.3, -0.25) is 4.79 Å². The number of amides is 1. The first kappa shape index (κ1) is 15.9. The highest BCUT2D eigenvalue weighted by atomic mass is 35.5. The molecule has 0 spiro atoms. The Kier molecular flexibility index (Phi) is 4.60. The van der Waals surface area contributed by atoms with Crippen LogP contribution >= 0.6 is 23.4 Å². The molecule has 0 saturated heterocycles. The molecule has 0 aliphatic carbocycles. The summed E-state index contributed by atoms with van der Waals surface area (Å²) in [5.41, 5.74) is 0.710. The van der Waals surface area contributed by atoms with Gasteiger partial charge in [-0.1, -0.05) is 59.8 Å². The molecule has 0 N–H and O–H groups in total. The van der Waals surface area contributed by atoms with Crippen LogP contribution in [0.5, 0.6) is 0 Å². The molecule has 3 aromatic carbocycles. The maximum atomic E-state index is 12.4. The zero-order valence-electron chi connectivity index (χ0n) is 12.9. The molecule has 0 aromatic heterocycles. The number of rotatable bonds is 3. The van der Waals surface area contributed by atoms with Crippen LogP contribution in [-0.4, -0.2) is 24.9 Å². The quantitative estimate of drug-likeness (QED) is 0.640. The Hall–Kier alpha value is -1.97. The third kappa shape index (κ3) is 3.21. The second-order valence-electron chi connectivity index (χ2n) is 5.39. The second-order valence-corrected chi connectivity index (χ2v) is 6.88. The minimum Gasteiger partial charge on any atom is -0.345 e. The average Bonchev–Trinajstić information content (AvgIpc) is 2.57. The van der Waals surface area contributed by atoms with Crippen LogP contribution in [0, 0.1) is 0 Å². The van der Waals surface area contributed by atoms with E-state index in [1.807, 2.05) is 54.6 Å². The Balaban J connectivity index is 2.07. The van der Waals surface area contributed by atoms with Crippen LogP contribution in [0.1, 0.15) is 10.4 Å². The molecule has 3 aromatic rings. The maximum Gasteiger partial charge on any atom is 0.254 e. The van der Waals surface area contributed by atoms with E-state index in [1.165, 1.54) is 0 Å². The van der Waals surface area contributed by atoms with Gasteiger partial charge in [0.2, 0.25) is 0 Å². The van der Waals surface area contributed by atoms with Gasteiger partial charge < -0.3 is 4.90 Å². The van der Waals surface area contributed by atoms with Gasteiger partial charge in [-0.15, -0.1) is 0 Å². The second kappa shape index (κ2) is 6.65. The molecule has 4 heteroatoms. The van der Waals surface area contributed by atoms with Crippen LogP contribution < -0.4 is 0 Å². The zero-order chi connectivity index (χ0) is 16.4. The van der Waals surface area contributed by atoms with E-state index < -0.39 is 0 Å². The Labute approximate surface area is 145 Å². The summed E-state index contributed by atoms with van der Waals surface area (Å²) in [6.07, 6.45) is 0. The normalized spacial score (nSPS) is 10.7. The number of hydrogen-bond acceptors (Lipinski definition) is 2. The van der Waals surface area contributed by atoms with Crippen molar-refractivity contribution >= 4 is 40.0 Å². The summed E-state index contributed by atoms with van der Waals surface area (Å²) >= 11 is 7.88. The number of carbonyl (C=O) groups is 1. The number of benzene rings is 3. The van der Waals surface area contributed by atoms with Crippen molar-refractivity contribution in [2.45, 2.75) is 9.79 Å². The van der Waals surface area contributed by atoms with E-state index in [0.717, 1.165) is 25.6 Å². The standard InChI is InChI=1S/C19H16ClNOS/c1-21(2)19(22)15-9-5-6-10-17(15)23-18-12-11-16(20)13-7-3-4-8-14(13)18/h3-12H,1-2H3. The third-order valence-corrected chi connectivity index (χ3v) is 5.06. The van der Waals surface area contributed by atoms with Gasteiger partial charge in [-0.05, 0) is 29.7 Å². The smallest absolute Gasteiger partial charge is 0.254 e. The van der Waals surface area contributed by atoms with E-state index in [2.05, 4.69) is 6.07 Å². The summed E-state index contributed by atoms with van der Waals surface area (Å²) < 4.78 is 0. The average molecular weight is 342 g/mol. The maximum absolute atomic E-state index is 12.4. The number of hydrogen-bond donors (Lipinski definition) is 0. The van der Waals surface area contributed by atoms with E-state index in [1.54, 1.807) is 30.8 Å². The summed E-state index contributed by atoms with van der Waals surface area (Å²) in [4.78, 5) is 16.0. The van der Waals surface area contributed by atoms with E-state index >= 15 is 0 Å². The molecule has 1 amide bonds. The zero-order valence-corrected chi connectivity index (χ0v) is 14.5. The molecule has 0 heterocycles. The number of nitrogens with zero attached hydrogens (tertiary/aromatic N) is 1. The molecule has 3 rings (SSSR count). The third-order valence-electron chi connectivity index (χ3n) is 3.57. The monoisotopic (exact) mass is 341 g/mol. The van der Waals surface area contributed by atoms with E-state index in [0.29, 0.717) is 5.56 Å². The van der Waals surface area contributed by atoms with Crippen molar-refractivity contribution in [3.8, 4) is 0 Å². The molecule has 0 aliphatic rings. The van der Waals surface area contributed by atoms with Gasteiger partial charge in [-0.25, -0.2) is 0 Å². The lowest BCUT2D eigenvalue weighted by Gasteiger charge is -2.14. The van der Waals surface area contributed by atoms with Gasteiger partial charge in [0, 0.05) is 34.3 Å². The van der Waals surface area contributed by atoms with Crippen LogP contribution in [0.4, 0.5) is 0 Å². The Morgan fingerprint density at radius 2 is 1.52 bits per heavy atom. The molecule has 0 saturated carbocycles. The summed E-state index contributed by atoms with van der Waals surface area (Å²) in [6.45, 7) is 0. The van der Waals surface area contributed by atoms with Gasteiger partial charge in [-0.2, -0.15) is 0 Å². The number of carbonyl (C=O) groups excluding carboxylic acids is 1. The SMILES string of the molecule is CN(C)C(=O)c1ccccc1Sc1ccc(Cl)c2ccccc12. The van der Waals surface area contributed by atoms with E-state index in [9.17, 15) is 4.79 Å².